The molecule has 0 spiro atoms. The van der Waals surface area contributed by atoms with E-state index in [0.717, 1.165) is 27.2 Å². The van der Waals surface area contributed by atoms with Crippen molar-refractivity contribution in [3.05, 3.63) is 51.2 Å². The van der Waals surface area contributed by atoms with Crippen LogP contribution in [-0.2, 0) is 17.8 Å². The normalized spacial score (nSPS) is 10.8. The molecule has 0 saturated carbocycles. The molecule has 20 heavy (non-hydrogen) atoms. The highest BCUT2D eigenvalue weighted by atomic mass is 32.1. The maximum Gasteiger partial charge on any atom is 0.349 e. The lowest BCUT2D eigenvalue weighted by atomic mass is 10.2. The topological polar surface area (TPSA) is 39.2 Å². The first-order chi connectivity index (χ1) is 9.78. The summed E-state index contributed by atoms with van der Waals surface area (Å²) < 4.78 is 6.48. The van der Waals surface area contributed by atoms with E-state index in [9.17, 15) is 4.79 Å². The number of carbonyl (C=O) groups is 1. The minimum atomic E-state index is -0.254. The molecule has 0 amide bonds. The second-order valence-electron chi connectivity index (χ2n) is 4.28. The van der Waals surface area contributed by atoms with Crippen molar-refractivity contribution in [1.82, 2.24) is 4.98 Å². The van der Waals surface area contributed by atoms with Crippen LogP contribution in [0.3, 0.4) is 0 Å². The van der Waals surface area contributed by atoms with Crippen LogP contribution in [0.4, 0.5) is 0 Å². The number of hydrogen-bond acceptors (Lipinski definition) is 5. The Hall–Kier alpha value is -1.72. The van der Waals surface area contributed by atoms with Gasteiger partial charge in [0.15, 0.2) is 0 Å². The lowest BCUT2D eigenvalue weighted by molar-refractivity contribution is 0.0477. The Labute approximate surface area is 124 Å². The third-order valence-corrected chi connectivity index (χ3v) is 4.92. The summed E-state index contributed by atoms with van der Waals surface area (Å²) in [4.78, 5) is 17.2. The van der Waals surface area contributed by atoms with Crippen LogP contribution in [0.5, 0.6) is 0 Å². The number of thiophene rings is 1. The first kappa shape index (κ1) is 13.3. The van der Waals surface area contributed by atoms with Crippen LogP contribution >= 0.6 is 22.7 Å². The molecule has 0 saturated heterocycles. The third-order valence-electron chi connectivity index (χ3n) is 2.98. The van der Waals surface area contributed by atoms with Crippen molar-refractivity contribution in [2.75, 3.05) is 0 Å². The minimum Gasteiger partial charge on any atom is -0.454 e. The van der Waals surface area contributed by atoms with Gasteiger partial charge in [0, 0.05) is 0 Å². The second-order valence-corrected chi connectivity index (χ2v) is 6.31. The smallest absolute Gasteiger partial charge is 0.349 e. The van der Waals surface area contributed by atoms with Crippen LogP contribution in [0.15, 0.2) is 35.7 Å². The van der Waals surface area contributed by atoms with Gasteiger partial charge in [0.1, 0.15) is 16.5 Å². The summed E-state index contributed by atoms with van der Waals surface area (Å²) in [6.07, 6.45) is 0.842. The van der Waals surface area contributed by atoms with Crippen molar-refractivity contribution >= 4 is 38.9 Å². The summed E-state index contributed by atoms with van der Waals surface area (Å²) in [5.41, 5.74) is 2.00. The highest BCUT2D eigenvalue weighted by Crippen LogP contribution is 2.23. The van der Waals surface area contributed by atoms with E-state index in [0.29, 0.717) is 4.88 Å². The molecule has 0 bridgehead atoms. The van der Waals surface area contributed by atoms with Gasteiger partial charge in [0.25, 0.3) is 0 Å². The fourth-order valence-electron chi connectivity index (χ4n) is 1.97. The fourth-order valence-corrected chi connectivity index (χ4v) is 3.74. The molecule has 0 radical (unpaired) electrons. The summed E-state index contributed by atoms with van der Waals surface area (Å²) in [5, 5.41) is 2.75. The molecule has 0 aliphatic rings. The van der Waals surface area contributed by atoms with E-state index in [2.05, 4.69) is 4.98 Å². The zero-order chi connectivity index (χ0) is 13.9. The first-order valence-corrected chi connectivity index (χ1v) is 8.05. The highest BCUT2D eigenvalue weighted by Gasteiger charge is 2.14. The van der Waals surface area contributed by atoms with E-state index < -0.39 is 0 Å². The summed E-state index contributed by atoms with van der Waals surface area (Å²) in [6.45, 7) is 2.27. The number of carbonyl (C=O) groups excluding carboxylic acids is 1. The lowest BCUT2D eigenvalue weighted by Gasteiger charge is -2.02. The SMILES string of the molecule is CCc1ccsc1C(=O)OCc1nc2ccccc2s1. The van der Waals surface area contributed by atoms with Crippen molar-refractivity contribution in [3.63, 3.8) is 0 Å². The zero-order valence-electron chi connectivity index (χ0n) is 11.0. The van der Waals surface area contributed by atoms with Gasteiger partial charge in [-0.05, 0) is 35.6 Å². The molecule has 3 nitrogen and oxygen atoms in total. The molecule has 5 heteroatoms. The van der Waals surface area contributed by atoms with Gasteiger partial charge in [-0.1, -0.05) is 19.1 Å². The molecule has 3 rings (SSSR count). The van der Waals surface area contributed by atoms with Crippen LogP contribution in [0.1, 0.15) is 27.2 Å². The van der Waals surface area contributed by atoms with Crippen LogP contribution in [-0.4, -0.2) is 11.0 Å². The van der Waals surface area contributed by atoms with Gasteiger partial charge >= 0.3 is 5.97 Å². The summed E-state index contributed by atoms with van der Waals surface area (Å²) in [6, 6.07) is 9.89. The number of esters is 1. The van der Waals surface area contributed by atoms with Crippen LogP contribution in [0.25, 0.3) is 10.2 Å². The number of hydrogen-bond donors (Lipinski definition) is 0. The van der Waals surface area contributed by atoms with Gasteiger partial charge in [0.2, 0.25) is 0 Å². The largest absolute Gasteiger partial charge is 0.454 e. The summed E-state index contributed by atoms with van der Waals surface area (Å²) in [5.74, 6) is -0.254. The van der Waals surface area contributed by atoms with Crippen molar-refractivity contribution in [1.29, 1.82) is 0 Å². The fraction of sp³-hybridized carbons (Fsp3) is 0.200. The molecular formula is C15H13NO2S2. The Balaban J connectivity index is 1.71. The first-order valence-electron chi connectivity index (χ1n) is 6.36. The van der Waals surface area contributed by atoms with Gasteiger partial charge in [0.05, 0.1) is 10.2 Å². The van der Waals surface area contributed by atoms with E-state index >= 15 is 0 Å². The van der Waals surface area contributed by atoms with Crippen molar-refractivity contribution in [3.8, 4) is 0 Å². The Morgan fingerprint density at radius 1 is 1.30 bits per heavy atom. The summed E-state index contributed by atoms with van der Waals surface area (Å²) in [7, 11) is 0. The predicted molar refractivity (Wildman–Crippen MR) is 82.4 cm³/mol. The molecule has 1 aromatic carbocycles. The average Bonchev–Trinajstić information content (AvgIpc) is 3.10. The number of aryl methyl sites for hydroxylation is 1. The van der Waals surface area contributed by atoms with Gasteiger partial charge in [-0.2, -0.15) is 0 Å². The van der Waals surface area contributed by atoms with Crippen LogP contribution in [0.2, 0.25) is 0 Å². The molecule has 2 aromatic heterocycles. The molecule has 102 valence electrons. The van der Waals surface area contributed by atoms with Crippen molar-refractivity contribution < 1.29 is 9.53 Å². The van der Waals surface area contributed by atoms with Gasteiger partial charge < -0.3 is 4.74 Å². The molecule has 3 aromatic rings. The molecule has 0 aliphatic heterocycles. The predicted octanol–water partition coefficient (Wildman–Crippen LogP) is 4.28. The van der Waals surface area contributed by atoms with E-state index in [4.69, 9.17) is 4.74 Å². The highest BCUT2D eigenvalue weighted by molar-refractivity contribution is 7.18. The third kappa shape index (κ3) is 2.59. The second kappa shape index (κ2) is 5.73. The average molecular weight is 303 g/mol. The number of nitrogens with zero attached hydrogens (tertiary/aromatic N) is 1. The maximum atomic E-state index is 12.0. The van der Waals surface area contributed by atoms with Gasteiger partial charge in [-0.15, -0.1) is 22.7 Å². The Morgan fingerprint density at radius 2 is 2.15 bits per heavy atom. The molecule has 0 aliphatic carbocycles. The number of benzene rings is 1. The van der Waals surface area contributed by atoms with E-state index in [1.807, 2.05) is 42.6 Å². The quantitative estimate of drug-likeness (QED) is 0.675. The molecule has 2 heterocycles. The molecule has 0 atom stereocenters. The Kier molecular flexibility index (Phi) is 3.80. The molecule has 0 N–H and O–H groups in total. The Morgan fingerprint density at radius 3 is 2.95 bits per heavy atom. The monoisotopic (exact) mass is 303 g/mol. The van der Waals surface area contributed by atoms with Gasteiger partial charge in [-0.25, -0.2) is 9.78 Å². The van der Waals surface area contributed by atoms with E-state index in [1.54, 1.807) is 11.3 Å². The maximum absolute atomic E-state index is 12.0. The lowest BCUT2D eigenvalue weighted by Crippen LogP contribution is -2.05. The van der Waals surface area contributed by atoms with Crippen LogP contribution in [0, 0.1) is 0 Å². The van der Waals surface area contributed by atoms with E-state index in [-0.39, 0.29) is 12.6 Å². The number of rotatable bonds is 4. The Bertz CT molecular complexity index is 712. The van der Waals surface area contributed by atoms with Crippen molar-refractivity contribution in [2.24, 2.45) is 0 Å². The number of fused-ring (bicyclic) bond motifs is 1. The number of aromatic nitrogens is 1. The molecule has 0 fully saturated rings. The van der Waals surface area contributed by atoms with Gasteiger partial charge in [-0.3, -0.25) is 0 Å². The summed E-state index contributed by atoms with van der Waals surface area (Å²) >= 11 is 2.99. The van der Waals surface area contributed by atoms with E-state index in [1.165, 1.54) is 11.3 Å². The number of thiazole rings is 1. The molecular weight excluding hydrogens is 290 g/mol. The van der Waals surface area contributed by atoms with Crippen LogP contribution < -0.4 is 0 Å². The molecule has 0 unspecified atom stereocenters. The zero-order valence-corrected chi connectivity index (χ0v) is 12.6. The van der Waals surface area contributed by atoms with Crippen molar-refractivity contribution in [2.45, 2.75) is 20.0 Å². The number of ether oxygens (including phenoxy) is 1. The number of para-hydroxylation sites is 1. The standard InChI is InChI=1S/C15H13NO2S2/c1-2-10-7-8-19-14(10)15(17)18-9-13-16-11-5-3-4-6-12(11)20-13/h3-8H,2,9H2,1H3. The minimum absolute atomic E-state index is 0.235.